The first kappa shape index (κ1) is 23.3. The van der Waals surface area contributed by atoms with Gasteiger partial charge in [-0.15, -0.1) is 35.3 Å². The van der Waals surface area contributed by atoms with Gasteiger partial charge in [-0.2, -0.15) is 0 Å². The standard InChI is InChI=1S/C20H31N7OS.HI/c1-16-13-18(24-28-16)14-25-9-11-26(12-10-25)19(21-2)22-6-5-17-15-29-20(23-17)27-7-3-4-8-27;/h13,15H,3-12,14H2,1-2H3,(H,21,22);1H. The Bertz CT molecular complexity index is 810. The van der Waals surface area contributed by atoms with E-state index >= 15 is 0 Å². The fraction of sp³-hybridized carbons (Fsp3) is 0.650. The Kier molecular flexibility index (Phi) is 8.75. The number of aliphatic imine (C=N–C) groups is 1. The van der Waals surface area contributed by atoms with Gasteiger partial charge in [-0.1, -0.05) is 5.16 Å². The summed E-state index contributed by atoms with van der Waals surface area (Å²) in [6.45, 7) is 9.87. The largest absolute Gasteiger partial charge is 0.361 e. The van der Waals surface area contributed by atoms with E-state index < -0.39 is 0 Å². The van der Waals surface area contributed by atoms with Gasteiger partial charge in [0.1, 0.15) is 5.76 Å². The topological polar surface area (TPSA) is 73.0 Å². The van der Waals surface area contributed by atoms with Crippen molar-refractivity contribution in [2.75, 3.05) is 57.8 Å². The number of anilines is 1. The number of aromatic nitrogens is 2. The number of hydrogen-bond donors (Lipinski definition) is 1. The van der Waals surface area contributed by atoms with Crippen molar-refractivity contribution in [2.24, 2.45) is 4.99 Å². The lowest BCUT2D eigenvalue weighted by atomic mass is 10.3. The molecule has 0 aromatic carbocycles. The summed E-state index contributed by atoms with van der Waals surface area (Å²) in [5.41, 5.74) is 2.18. The summed E-state index contributed by atoms with van der Waals surface area (Å²) in [7, 11) is 1.86. The first-order chi connectivity index (χ1) is 14.2. The van der Waals surface area contributed by atoms with Crippen LogP contribution in [-0.2, 0) is 13.0 Å². The van der Waals surface area contributed by atoms with Gasteiger partial charge in [0.25, 0.3) is 0 Å². The molecular weight excluding hydrogens is 513 g/mol. The maximum absolute atomic E-state index is 5.17. The molecule has 1 N–H and O–H groups in total. The highest BCUT2D eigenvalue weighted by molar-refractivity contribution is 14.0. The van der Waals surface area contributed by atoms with Gasteiger partial charge in [0, 0.05) is 77.3 Å². The number of rotatable bonds is 6. The van der Waals surface area contributed by atoms with Gasteiger partial charge in [-0.3, -0.25) is 9.89 Å². The molecule has 30 heavy (non-hydrogen) atoms. The molecule has 2 aliphatic heterocycles. The fourth-order valence-electron chi connectivity index (χ4n) is 3.94. The highest BCUT2D eigenvalue weighted by Gasteiger charge is 2.20. The highest BCUT2D eigenvalue weighted by Crippen LogP contribution is 2.24. The van der Waals surface area contributed by atoms with Gasteiger partial charge in [0.05, 0.1) is 11.4 Å². The van der Waals surface area contributed by atoms with Crippen molar-refractivity contribution in [1.29, 1.82) is 0 Å². The van der Waals surface area contributed by atoms with E-state index in [1.807, 2.05) is 20.0 Å². The molecule has 8 nitrogen and oxygen atoms in total. The number of thiazole rings is 1. The summed E-state index contributed by atoms with van der Waals surface area (Å²) in [6.07, 6.45) is 3.51. The van der Waals surface area contributed by atoms with Crippen LogP contribution in [0, 0.1) is 6.92 Å². The second-order valence-electron chi connectivity index (χ2n) is 7.73. The first-order valence-electron chi connectivity index (χ1n) is 10.5. The summed E-state index contributed by atoms with van der Waals surface area (Å²) < 4.78 is 5.17. The molecular formula is C20H32IN7OS. The zero-order valence-corrected chi connectivity index (χ0v) is 21.0. The Morgan fingerprint density at radius 3 is 2.60 bits per heavy atom. The molecule has 2 fully saturated rings. The van der Waals surface area contributed by atoms with Gasteiger partial charge >= 0.3 is 0 Å². The average Bonchev–Trinajstić information content (AvgIpc) is 3.48. The van der Waals surface area contributed by atoms with Crippen LogP contribution in [0.1, 0.15) is 30.0 Å². The van der Waals surface area contributed by atoms with Crippen LogP contribution in [0.5, 0.6) is 0 Å². The van der Waals surface area contributed by atoms with Crippen molar-refractivity contribution in [3.63, 3.8) is 0 Å². The maximum atomic E-state index is 5.17. The monoisotopic (exact) mass is 545 g/mol. The molecule has 10 heteroatoms. The zero-order valence-electron chi connectivity index (χ0n) is 17.8. The molecule has 0 aliphatic carbocycles. The Labute approximate surface area is 199 Å². The molecule has 0 unspecified atom stereocenters. The van der Waals surface area contributed by atoms with E-state index in [4.69, 9.17) is 9.51 Å². The van der Waals surface area contributed by atoms with Crippen LogP contribution < -0.4 is 10.2 Å². The van der Waals surface area contributed by atoms with Crippen molar-refractivity contribution < 1.29 is 4.52 Å². The van der Waals surface area contributed by atoms with Crippen molar-refractivity contribution in [1.82, 2.24) is 25.3 Å². The van der Waals surface area contributed by atoms with Crippen molar-refractivity contribution >= 4 is 46.4 Å². The van der Waals surface area contributed by atoms with E-state index in [0.717, 1.165) is 76.2 Å². The number of aryl methyl sites for hydroxylation is 1. The van der Waals surface area contributed by atoms with Crippen LogP contribution in [0.4, 0.5) is 5.13 Å². The Morgan fingerprint density at radius 1 is 1.17 bits per heavy atom. The molecule has 0 spiro atoms. The van der Waals surface area contributed by atoms with Gasteiger partial charge < -0.3 is 19.6 Å². The number of halogens is 1. The molecule has 4 rings (SSSR count). The minimum atomic E-state index is 0. The highest BCUT2D eigenvalue weighted by atomic mass is 127. The zero-order chi connectivity index (χ0) is 20.1. The minimum Gasteiger partial charge on any atom is -0.361 e. The summed E-state index contributed by atoms with van der Waals surface area (Å²) in [6, 6.07) is 2.01. The van der Waals surface area contributed by atoms with E-state index in [2.05, 4.69) is 35.5 Å². The molecule has 0 saturated carbocycles. The average molecular weight is 545 g/mol. The normalized spacial score (nSPS) is 18.0. The Morgan fingerprint density at radius 2 is 1.93 bits per heavy atom. The van der Waals surface area contributed by atoms with Crippen molar-refractivity contribution in [3.05, 3.63) is 28.6 Å². The molecule has 166 valence electrons. The fourth-order valence-corrected chi connectivity index (χ4v) is 4.85. The van der Waals surface area contributed by atoms with E-state index in [9.17, 15) is 0 Å². The molecule has 2 aliphatic rings. The maximum Gasteiger partial charge on any atom is 0.193 e. The lowest BCUT2D eigenvalue weighted by molar-refractivity contribution is 0.169. The predicted octanol–water partition coefficient (Wildman–Crippen LogP) is 2.59. The first-order valence-corrected chi connectivity index (χ1v) is 11.4. The molecule has 4 heterocycles. The number of guanidine groups is 1. The van der Waals surface area contributed by atoms with E-state index in [0.29, 0.717) is 0 Å². The predicted molar refractivity (Wildman–Crippen MR) is 132 cm³/mol. The van der Waals surface area contributed by atoms with Crippen LogP contribution in [0.25, 0.3) is 0 Å². The molecule has 0 atom stereocenters. The van der Waals surface area contributed by atoms with E-state index in [-0.39, 0.29) is 24.0 Å². The third-order valence-electron chi connectivity index (χ3n) is 5.53. The quantitative estimate of drug-likeness (QED) is 0.340. The number of nitrogens with one attached hydrogen (secondary N) is 1. The Hall–Kier alpha value is -1.40. The molecule has 2 aromatic heterocycles. The smallest absolute Gasteiger partial charge is 0.193 e. The third-order valence-corrected chi connectivity index (χ3v) is 6.48. The summed E-state index contributed by atoms with van der Waals surface area (Å²) in [4.78, 5) is 16.4. The summed E-state index contributed by atoms with van der Waals surface area (Å²) in [5.74, 6) is 1.85. The SMILES string of the molecule is CN=C(NCCc1csc(N2CCCC2)n1)N1CCN(Cc2cc(C)on2)CC1.I. The van der Waals surface area contributed by atoms with Crippen LogP contribution in [0.2, 0.25) is 0 Å². The molecule has 2 aromatic rings. The lowest BCUT2D eigenvalue weighted by Gasteiger charge is -2.36. The van der Waals surface area contributed by atoms with E-state index in [1.165, 1.54) is 23.7 Å². The van der Waals surface area contributed by atoms with Gasteiger partial charge in [0.2, 0.25) is 0 Å². The number of hydrogen-bond acceptors (Lipinski definition) is 7. The van der Waals surface area contributed by atoms with Gasteiger partial charge in [0.15, 0.2) is 11.1 Å². The lowest BCUT2D eigenvalue weighted by Crippen LogP contribution is -2.52. The van der Waals surface area contributed by atoms with Crippen LogP contribution in [0.3, 0.4) is 0 Å². The second kappa shape index (κ2) is 11.3. The van der Waals surface area contributed by atoms with Crippen LogP contribution >= 0.6 is 35.3 Å². The molecule has 0 bridgehead atoms. The van der Waals surface area contributed by atoms with E-state index in [1.54, 1.807) is 11.3 Å². The van der Waals surface area contributed by atoms with Crippen molar-refractivity contribution in [3.8, 4) is 0 Å². The molecule has 0 radical (unpaired) electrons. The van der Waals surface area contributed by atoms with Gasteiger partial charge in [-0.25, -0.2) is 4.98 Å². The summed E-state index contributed by atoms with van der Waals surface area (Å²) in [5, 5.41) is 11.0. The molecule has 2 saturated heterocycles. The van der Waals surface area contributed by atoms with Crippen LogP contribution in [0.15, 0.2) is 21.0 Å². The Balaban J connectivity index is 0.00000256. The summed E-state index contributed by atoms with van der Waals surface area (Å²) >= 11 is 1.77. The molecule has 0 amide bonds. The van der Waals surface area contributed by atoms with Crippen molar-refractivity contribution in [2.45, 2.75) is 32.7 Å². The second-order valence-corrected chi connectivity index (χ2v) is 8.57. The minimum absolute atomic E-state index is 0. The number of nitrogens with zero attached hydrogens (tertiary/aromatic N) is 6. The van der Waals surface area contributed by atoms with Crippen LogP contribution in [-0.4, -0.2) is 78.8 Å². The van der Waals surface area contributed by atoms with Gasteiger partial charge in [-0.05, 0) is 19.8 Å². The third kappa shape index (κ3) is 6.07. The number of piperazine rings is 1.